The lowest BCUT2D eigenvalue weighted by atomic mass is 9.58. The van der Waals surface area contributed by atoms with Crippen LogP contribution in [0, 0.1) is 0 Å². The standard InChI is InChI=1S/C50H34N2/c1-4-16-34(17-5-1)36-28-29-48-44(31-36)50(43-25-13-15-27-47(43)52(48)39-21-8-3-9-22-39)42-24-12-14-26-46(42)51-33-37-20-10-11-23-40(37)41-30-38(32-45(50)49(41)51)35-18-6-2-7-19-35/h1-32H,33H2. The van der Waals surface area contributed by atoms with Gasteiger partial charge in [-0.25, -0.2) is 0 Å². The molecule has 3 aliphatic rings. The molecule has 2 nitrogen and oxygen atoms in total. The summed E-state index contributed by atoms with van der Waals surface area (Å²) in [6.45, 7) is 0.822. The van der Waals surface area contributed by atoms with Crippen LogP contribution in [0.25, 0.3) is 33.4 Å². The van der Waals surface area contributed by atoms with Gasteiger partial charge in [0.1, 0.15) is 0 Å². The largest absolute Gasteiger partial charge is 0.336 e. The third-order valence-electron chi connectivity index (χ3n) is 11.4. The molecule has 8 aromatic rings. The van der Waals surface area contributed by atoms with Crippen molar-refractivity contribution in [3.63, 3.8) is 0 Å². The molecule has 2 heteroatoms. The van der Waals surface area contributed by atoms with Crippen molar-refractivity contribution in [3.8, 4) is 33.4 Å². The van der Waals surface area contributed by atoms with Crippen molar-refractivity contribution in [1.29, 1.82) is 0 Å². The van der Waals surface area contributed by atoms with E-state index in [2.05, 4.69) is 204 Å². The molecular formula is C50H34N2. The van der Waals surface area contributed by atoms with Gasteiger partial charge in [0, 0.05) is 23.5 Å². The maximum atomic E-state index is 2.59. The normalized spacial score (nSPS) is 16.0. The van der Waals surface area contributed by atoms with Crippen LogP contribution in [0.1, 0.15) is 27.8 Å². The Morgan fingerprint density at radius 1 is 0.365 bits per heavy atom. The third kappa shape index (κ3) is 4.01. The monoisotopic (exact) mass is 662 g/mol. The number of hydrogen-bond acceptors (Lipinski definition) is 2. The number of nitrogens with zero attached hydrogens (tertiary/aromatic N) is 2. The Morgan fingerprint density at radius 3 is 1.67 bits per heavy atom. The summed E-state index contributed by atoms with van der Waals surface area (Å²) in [5, 5.41) is 0. The van der Waals surface area contributed by atoms with Gasteiger partial charge >= 0.3 is 0 Å². The molecule has 52 heavy (non-hydrogen) atoms. The van der Waals surface area contributed by atoms with E-state index >= 15 is 0 Å². The fraction of sp³-hybridized carbons (Fsp3) is 0.0400. The number of fused-ring (bicyclic) bond motifs is 10. The van der Waals surface area contributed by atoms with Crippen LogP contribution in [0.5, 0.6) is 0 Å². The average molecular weight is 663 g/mol. The molecule has 3 heterocycles. The van der Waals surface area contributed by atoms with Crippen LogP contribution in [-0.4, -0.2) is 0 Å². The molecule has 11 rings (SSSR count). The predicted molar refractivity (Wildman–Crippen MR) is 215 cm³/mol. The lowest BCUT2D eigenvalue weighted by Gasteiger charge is -2.53. The minimum atomic E-state index is -0.615. The van der Waals surface area contributed by atoms with Crippen LogP contribution >= 0.6 is 0 Å². The minimum absolute atomic E-state index is 0.615. The molecule has 0 saturated carbocycles. The van der Waals surface area contributed by atoms with Gasteiger partial charge in [0.15, 0.2) is 0 Å². The highest BCUT2D eigenvalue weighted by molar-refractivity contribution is 6.01. The van der Waals surface area contributed by atoms with Crippen LogP contribution < -0.4 is 9.80 Å². The van der Waals surface area contributed by atoms with Gasteiger partial charge in [0.25, 0.3) is 0 Å². The molecular weight excluding hydrogens is 629 g/mol. The summed E-state index contributed by atoms with van der Waals surface area (Å²) in [6.07, 6.45) is 0. The van der Waals surface area contributed by atoms with E-state index in [1.807, 2.05) is 0 Å². The van der Waals surface area contributed by atoms with Gasteiger partial charge in [-0.2, -0.15) is 0 Å². The molecule has 1 atom stereocenters. The summed E-state index contributed by atoms with van der Waals surface area (Å²) in [7, 11) is 0. The lowest BCUT2D eigenvalue weighted by Crippen LogP contribution is -2.43. The molecule has 0 bridgehead atoms. The minimum Gasteiger partial charge on any atom is -0.336 e. The maximum Gasteiger partial charge on any atom is 0.0783 e. The van der Waals surface area contributed by atoms with Crippen LogP contribution in [0.15, 0.2) is 194 Å². The fourth-order valence-electron chi connectivity index (χ4n) is 9.30. The Hall–Kier alpha value is -6.64. The van der Waals surface area contributed by atoms with Crippen molar-refractivity contribution in [2.75, 3.05) is 9.80 Å². The predicted octanol–water partition coefficient (Wildman–Crippen LogP) is 12.8. The quantitative estimate of drug-likeness (QED) is 0.186. The van der Waals surface area contributed by atoms with E-state index in [1.54, 1.807) is 0 Å². The van der Waals surface area contributed by atoms with Crippen molar-refractivity contribution < 1.29 is 0 Å². The lowest BCUT2D eigenvalue weighted by molar-refractivity contribution is 0.704. The second-order valence-electron chi connectivity index (χ2n) is 14.1. The van der Waals surface area contributed by atoms with Gasteiger partial charge in [-0.3, -0.25) is 0 Å². The van der Waals surface area contributed by atoms with E-state index in [9.17, 15) is 0 Å². The molecule has 0 amide bonds. The fourth-order valence-corrected chi connectivity index (χ4v) is 9.30. The molecule has 3 aliphatic heterocycles. The number of rotatable bonds is 3. The molecule has 0 saturated heterocycles. The zero-order valence-electron chi connectivity index (χ0n) is 28.6. The first-order valence-corrected chi connectivity index (χ1v) is 18.1. The maximum absolute atomic E-state index is 2.59. The van der Waals surface area contributed by atoms with Crippen LogP contribution in [0.4, 0.5) is 28.4 Å². The Labute approximate surface area is 304 Å². The van der Waals surface area contributed by atoms with Crippen molar-refractivity contribution in [2.24, 2.45) is 0 Å². The van der Waals surface area contributed by atoms with Gasteiger partial charge in [0.2, 0.25) is 0 Å². The molecule has 1 spiro atoms. The highest BCUT2D eigenvalue weighted by Crippen LogP contribution is 2.66. The van der Waals surface area contributed by atoms with E-state index in [0.29, 0.717) is 0 Å². The third-order valence-corrected chi connectivity index (χ3v) is 11.4. The van der Waals surface area contributed by atoms with Crippen molar-refractivity contribution >= 4 is 28.4 Å². The molecule has 0 aliphatic carbocycles. The smallest absolute Gasteiger partial charge is 0.0783 e. The van der Waals surface area contributed by atoms with Crippen molar-refractivity contribution in [1.82, 2.24) is 0 Å². The summed E-state index contributed by atoms with van der Waals surface area (Å²) in [6, 6.07) is 72.0. The molecule has 244 valence electrons. The zero-order valence-corrected chi connectivity index (χ0v) is 28.6. The molecule has 0 N–H and O–H groups in total. The average Bonchev–Trinajstić information content (AvgIpc) is 3.23. The molecule has 0 aromatic heterocycles. The molecule has 1 unspecified atom stereocenters. The first-order valence-electron chi connectivity index (χ1n) is 18.1. The number of benzene rings is 8. The second-order valence-corrected chi connectivity index (χ2v) is 14.1. The summed E-state index contributed by atoms with van der Waals surface area (Å²) >= 11 is 0. The summed E-state index contributed by atoms with van der Waals surface area (Å²) < 4.78 is 0. The van der Waals surface area contributed by atoms with E-state index < -0.39 is 5.41 Å². The highest BCUT2D eigenvalue weighted by atomic mass is 15.2. The van der Waals surface area contributed by atoms with E-state index in [4.69, 9.17) is 0 Å². The van der Waals surface area contributed by atoms with Crippen LogP contribution in [0.3, 0.4) is 0 Å². The first kappa shape index (κ1) is 29.1. The Balaban J connectivity index is 1.34. The van der Waals surface area contributed by atoms with Crippen LogP contribution in [0.2, 0.25) is 0 Å². The molecule has 0 fully saturated rings. The number of hydrogen-bond donors (Lipinski definition) is 0. The van der Waals surface area contributed by atoms with E-state index in [-0.39, 0.29) is 0 Å². The number of anilines is 5. The van der Waals surface area contributed by atoms with E-state index in [1.165, 1.54) is 83.9 Å². The van der Waals surface area contributed by atoms with E-state index in [0.717, 1.165) is 12.2 Å². The Morgan fingerprint density at radius 2 is 0.923 bits per heavy atom. The Bertz CT molecular complexity index is 2660. The molecule has 8 aromatic carbocycles. The highest BCUT2D eigenvalue weighted by Gasteiger charge is 2.53. The van der Waals surface area contributed by atoms with Crippen molar-refractivity contribution in [2.45, 2.75) is 12.0 Å². The van der Waals surface area contributed by atoms with Crippen molar-refractivity contribution in [3.05, 3.63) is 222 Å². The summed E-state index contributed by atoms with van der Waals surface area (Å²) in [4.78, 5) is 5.07. The van der Waals surface area contributed by atoms with Gasteiger partial charge < -0.3 is 9.80 Å². The SMILES string of the molecule is c1ccc(-c2ccc3c(c2)C2(c4ccccc4N4Cc5ccccc5-c5cc(-c6ccccc6)cc2c54)c2ccccc2N3c2ccccc2)cc1. The van der Waals surface area contributed by atoms with Gasteiger partial charge in [-0.1, -0.05) is 146 Å². The van der Waals surface area contributed by atoms with Gasteiger partial charge in [-0.05, 0) is 104 Å². The molecule has 0 radical (unpaired) electrons. The Kier molecular flexibility index (Phi) is 6.26. The zero-order chi connectivity index (χ0) is 34.2. The summed E-state index contributed by atoms with van der Waals surface area (Å²) in [5.74, 6) is 0. The first-order chi connectivity index (χ1) is 25.8. The van der Waals surface area contributed by atoms with Crippen LogP contribution in [-0.2, 0) is 12.0 Å². The number of para-hydroxylation sites is 3. The van der Waals surface area contributed by atoms with Gasteiger partial charge in [0.05, 0.1) is 22.5 Å². The topological polar surface area (TPSA) is 6.48 Å². The second kappa shape index (κ2) is 11.2. The van der Waals surface area contributed by atoms with Gasteiger partial charge in [-0.15, -0.1) is 0 Å². The summed E-state index contributed by atoms with van der Waals surface area (Å²) in [5.41, 5.74) is 19.5.